The monoisotopic (exact) mass is 456 g/mol. The lowest BCUT2D eigenvalue weighted by Crippen LogP contribution is -2.10. The smallest absolute Gasteiger partial charge is 0.256 e. The Balaban J connectivity index is 1.31. The molecule has 7 nitrogen and oxygen atoms in total. The standard InChI is InChI=1S/C26H21FN4O3/c1-32-20-12-16-4-7-28-26(23(16)29-14-20)30-19-2-3-22-17(11-19)10-18-13-21(15-5-8-33-9-6-15)31-25(27)24(18)34-22/h2-5,7,11-14H,6,8-10H2,1H3,(H,28,30). The Hall–Kier alpha value is -4.04. The molecule has 34 heavy (non-hydrogen) atoms. The van der Waals surface area contributed by atoms with E-state index in [-0.39, 0.29) is 5.75 Å². The first-order chi connectivity index (χ1) is 16.7. The largest absolute Gasteiger partial charge is 0.495 e. The molecule has 2 aliphatic rings. The molecule has 0 fully saturated rings. The zero-order valence-corrected chi connectivity index (χ0v) is 18.5. The van der Waals surface area contributed by atoms with Gasteiger partial charge in [0.1, 0.15) is 17.0 Å². The van der Waals surface area contributed by atoms with Crippen molar-refractivity contribution < 1.29 is 18.6 Å². The Morgan fingerprint density at radius 3 is 2.88 bits per heavy atom. The van der Waals surface area contributed by atoms with Crippen LogP contribution in [0.2, 0.25) is 0 Å². The number of fused-ring (bicyclic) bond motifs is 3. The Morgan fingerprint density at radius 2 is 2.03 bits per heavy atom. The maximum absolute atomic E-state index is 14.8. The molecule has 2 aliphatic heterocycles. The summed E-state index contributed by atoms with van der Waals surface area (Å²) in [7, 11) is 1.61. The van der Waals surface area contributed by atoms with E-state index in [4.69, 9.17) is 14.2 Å². The number of pyridine rings is 3. The second-order valence-electron chi connectivity index (χ2n) is 8.17. The summed E-state index contributed by atoms with van der Waals surface area (Å²) < 4.78 is 31.4. The van der Waals surface area contributed by atoms with Gasteiger partial charge in [-0.1, -0.05) is 6.08 Å². The van der Waals surface area contributed by atoms with E-state index < -0.39 is 5.95 Å². The minimum Gasteiger partial charge on any atom is -0.495 e. The molecule has 4 aromatic rings. The van der Waals surface area contributed by atoms with Gasteiger partial charge in [-0.3, -0.25) is 0 Å². The molecule has 0 bridgehead atoms. The molecule has 8 heteroatoms. The fourth-order valence-corrected chi connectivity index (χ4v) is 4.30. The van der Waals surface area contributed by atoms with Gasteiger partial charge in [0.25, 0.3) is 5.95 Å². The van der Waals surface area contributed by atoms with E-state index in [2.05, 4.69) is 20.3 Å². The summed E-state index contributed by atoms with van der Waals surface area (Å²) in [5.74, 6) is 1.55. The van der Waals surface area contributed by atoms with Gasteiger partial charge in [-0.25, -0.2) is 15.0 Å². The third kappa shape index (κ3) is 3.72. The molecule has 3 aromatic heterocycles. The molecule has 0 spiro atoms. The number of anilines is 2. The molecule has 0 aliphatic carbocycles. The molecule has 170 valence electrons. The number of nitrogens with zero attached hydrogens (tertiary/aromatic N) is 3. The third-order valence-electron chi connectivity index (χ3n) is 6.03. The number of halogens is 1. The number of hydrogen-bond acceptors (Lipinski definition) is 7. The molecule has 0 saturated carbocycles. The Morgan fingerprint density at radius 1 is 1.09 bits per heavy atom. The van der Waals surface area contributed by atoms with E-state index in [0.717, 1.165) is 33.3 Å². The van der Waals surface area contributed by atoms with Crippen LogP contribution < -0.4 is 14.8 Å². The van der Waals surface area contributed by atoms with Crippen LogP contribution in [-0.4, -0.2) is 35.3 Å². The second-order valence-corrected chi connectivity index (χ2v) is 8.17. The van der Waals surface area contributed by atoms with Crippen molar-refractivity contribution >= 4 is 28.0 Å². The number of methoxy groups -OCH3 is 1. The van der Waals surface area contributed by atoms with Gasteiger partial charge in [0.2, 0.25) is 0 Å². The Kier molecular flexibility index (Phi) is 5.07. The summed E-state index contributed by atoms with van der Waals surface area (Å²) in [6, 6.07) is 11.4. The second kappa shape index (κ2) is 8.39. The minimum absolute atomic E-state index is 0.193. The highest BCUT2D eigenvalue weighted by molar-refractivity contribution is 5.90. The third-order valence-corrected chi connectivity index (χ3v) is 6.03. The van der Waals surface area contributed by atoms with Gasteiger partial charge >= 0.3 is 0 Å². The van der Waals surface area contributed by atoms with Gasteiger partial charge in [0.05, 0.1) is 32.2 Å². The van der Waals surface area contributed by atoms with Crippen LogP contribution >= 0.6 is 0 Å². The Bertz CT molecular complexity index is 1450. The topological polar surface area (TPSA) is 78.4 Å². The first-order valence-electron chi connectivity index (χ1n) is 11.0. The van der Waals surface area contributed by atoms with Crippen LogP contribution in [0.15, 0.2) is 54.9 Å². The van der Waals surface area contributed by atoms with Crippen molar-refractivity contribution in [3.8, 4) is 17.2 Å². The molecule has 1 aromatic carbocycles. The van der Waals surface area contributed by atoms with E-state index in [0.29, 0.717) is 49.1 Å². The molecule has 0 saturated heterocycles. The van der Waals surface area contributed by atoms with Crippen LogP contribution in [0.4, 0.5) is 15.9 Å². The number of rotatable bonds is 4. The van der Waals surface area contributed by atoms with Gasteiger partial charge in [-0.15, -0.1) is 0 Å². The van der Waals surface area contributed by atoms with Gasteiger partial charge in [0, 0.05) is 34.8 Å². The number of aromatic nitrogens is 3. The summed E-state index contributed by atoms with van der Waals surface area (Å²) in [5, 5.41) is 4.27. The van der Waals surface area contributed by atoms with E-state index >= 15 is 0 Å². The lowest BCUT2D eigenvalue weighted by Gasteiger charge is -2.22. The average Bonchev–Trinajstić information content (AvgIpc) is 2.88. The highest BCUT2D eigenvalue weighted by atomic mass is 19.1. The molecule has 5 heterocycles. The molecular formula is C26H21FN4O3. The van der Waals surface area contributed by atoms with E-state index in [1.165, 1.54) is 0 Å². The van der Waals surface area contributed by atoms with Crippen molar-refractivity contribution in [2.24, 2.45) is 0 Å². The summed E-state index contributed by atoms with van der Waals surface area (Å²) >= 11 is 0. The highest BCUT2D eigenvalue weighted by Crippen LogP contribution is 2.40. The minimum atomic E-state index is -0.589. The summed E-state index contributed by atoms with van der Waals surface area (Å²) in [6.07, 6.45) is 6.61. The van der Waals surface area contributed by atoms with Crippen LogP contribution in [0.1, 0.15) is 23.2 Å². The number of ether oxygens (including phenoxy) is 3. The Labute approximate surface area is 195 Å². The SMILES string of the molecule is COc1cnc2c(Nc3ccc4c(c3)Cc3cc(C5=CCOCC5)nc(F)c3O4)nccc2c1. The fourth-order valence-electron chi connectivity index (χ4n) is 4.30. The van der Waals surface area contributed by atoms with Gasteiger partial charge in [-0.05, 0) is 48.4 Å². The normalized spacial score (nSPS) is 14.6. The van der Waals surface area contributed by atoms with Crippen molar-refractivity contribution in [3.63, 3.8) is 0 Å². The van der Waals surface area contributed by atoms with E-state index in [9.17, 15) is 4.39 Å². The summed E-state index contributed by atoms with van der Waals surface area (Å²) in [6.45, 7) is 1.14. The lowest BCUT2D eigenvalue weighted by molar-refractivity contribution is 0.161. The first kappa shape index (κ1) is 20.6. The van der Waals surface area contributed by atoms with Crippen LogP contribution in [0, 0.1) is 5.95 Å². The van der Waals surface area contributed by atoms with Crippen molar-refractivity contribution in [3.05, 3.63) is 77.6 Å². The number of nitrogens with one attached hydrogen (secondary N) is 1. The molecule has 0 amide bonds. The molecule has 0 unspecified atom stereocenters. The average molecular weight is 456 g/mol. The van der Waals surface area contributed by atoms with Gasteiger partial charge in [-0.2, -0.15) is 4.39 Å². The van der Waals surface area contributed by atoms with Crippen LogP contribution in [0.25, 0.3) is 16.5 Å². The van der Waals surface area contributed by atoms with Crippen LogP contribution in [0.3, 0.4) is 0 Å². The molecule has 6 rings (SSSR count). The van der Waals surface area contributed by atoms with Crippen LogP contribution in [-0.2, 0) is 11.2 Å². The predicted molar refractivity (Wildman–Crippen MR) is 126 cm³/mol. The van der Waals surface area contributed by atoms with Gasteiger partial charge in [0.15, 0.2) is 11.6 Å². The molecular weight excluding hydrogens is 435 g/mol. The lowest BCUT2D eigenvalue weighted by atomic mass is 9.97. The van der Waals surface area contributed by atoms with Crippen molar-refractivity contribution in [2.75, 3.05) is 25.6 Å². The molecule has 0 atom stereocenters. The molecule has 0 radical (unpaired) electrons. The van der Waals surface area contributed by atoms with E-state index in [1.54, 1.807) is 19.5 Å². The maximum Gasteiger partial charge on any atom is 0.256 e. The zero-order chi connectivity index (χ0) is 23.1. The highest BCUT2D eigenvalue weighted by Gasteiger charge is 2.24. The zero-order valence-electron chi connectivity index (χ0n) is 18.5. The van der Waals surface area contributed by atoms with Crippen molar-refractivity contribution in [2.45, 2.75) is 12.8 Å². The van der Waals surface area contributed by atoms with Crippen LogP contribution in [0.5, 0.6) is 17.2 Å². The summed E-state index contributed by atoms with van der Waals surface area (Å²) in [4.78, 5) is 13.1. The number of benzene rings is 1. The predicted octanol–water partition coefficient (Wildman–Crippen LogP) is 5.42. The first-order valence-corrected chi connectivity index (χ1v) is 11.0. The van der Waals surface area contributed by atoms with Crippen molar-refractivity contribution in [1.82, 2.24) is 15.0 Å². The van der Waals surface area contributed by atoms with Crippen molar-refractivity contribution in [1.29, 1.82) is 0 Å². The van der Waals surface area contributed by atoms with E-state index in [1.807, 2.05) is 42.5 Å². The molecule has 1 N–H and O–H groups in total. The summed E-state index contributed by atoms with van der Waals surface area (Å²) in [5.41, 5.74) is 4.94. The maximum atomic E-state index is 14.8. The fraction of sp³-hybridized carbons (Fsp3) is 0.192. The van der Waals surface area contributed by atoms with Gasteiger partial charge < -0.3 is 19.5 Å². The number of hydrogen-bond donors (Lipinski definition) is 1. The quantitative estimate of drug-likeness (QED) is 0.362.